The van der Waals surface area contributed by atoms with Gasteiger partial charge in [0, 0.05) is 37.1 Å². The molecule has 0 radical (unpaired) electrons. The number of hydrogen-bond donors (Lipinski definition) is 10. The van der Waals surface area contributed by atoms with E-state index in [2.05, 4.69) is 41.3 Å². The van der Waals surface area contributed by atoms with Gasteiger partial charge in [-0.25, -0.2) is 28.6 Å². The summed E-state index contributed by atoms with van der Waals surface area (Å²) in [6.45, 7) is 2.67. The lowest BCUT2D eigenvalue weighted by atomic mass is 9.87. The molecule has 2 unspecified atom stereocenters. The van der Waals surface area contributed by atoms with Gasteiger partial charge in [-0.1, -0.05) is 58.2 Å². The molecule has 7 atom stereocenters. The van der Waals surface area contributed by atoms with E-state index in [9.17, 15) is 57.9 Å². The Morgan fingerprint density at radius 2 is 1.67 bits per heavy atom. The zero-order valence-corrected chi connectivity index (χ0v) is 35.5. The van der Waals surface area contributed by atoms with Crippen molar-refractivity contribution in [2.24, 2.45) is 5.41 Å². The summed E-state index contributed by atoms with van der Waals surface area (Å²) in [7, 11) is -16.4. The second-order valence-electron chi connectivity index (χ2n) is 13.5. The van der Waals surface area contributed by atoms with Gasteiger partial charge in [0.2, 0.25) is 11.8 Å². The maximum Gasteiger partial charge on any atom is 0.481 e. The highest BCUT2D eigenvalue weighted by Crippen LogP contribution is 2.61. The molecule has 25 nitrogen and oxygen atoms in total. The van der Waals surface area contributed by atoms with Crippen molar-refractivity contribution in [1.29, 1.82) is 0 Å². The molecule has 0 bridgehead atoms. The second-order valence-corrected chi connectivity index (χ2v) is 18.8. The molecule has 13 N–H and O–H groups in total. The van der Waals surface area contributed by atoms with E-state index in [1.54, 1.807) is 0 Å². The molecule has 3 heterocycles. The number of nitrogens with one attached hydrogen (secondary N) is 2. The van der Waals surface area contributed by atoms with E-state index in [-0.39, 0.29) is 47.8 Å². The van der Waals surface area contributed by atoms with Crippen LogP contribution in [0, 0.1) is 5.41 Å². The van der Waals surface area contributed by atoms with Crippen LogP contribution in [0.25, 0.3) is 11.2 Å². The number of aliphatic hydroxyl groups is 2. The number of nitrogen functional groups attached to an aromatic ring is 1. The smallest absolute Gasteiger partial charge is 0.386 e. The van der Waals surface area contributed by atoms with Crippen LogP contribution in [0.15, 0.2) is 12.7 Å². The van der Waals surface area contributed by atoms with Crippen molar-refractivity contribution in [2.75, 3.05) is 37.8 Å². The fraction of sp³-hybridized carbons (Fsp3) is 0.724. The summed E-state index contributed by atoms with van der Waals surface area (Å²) >= 11 is 1.13. The number of carbonyl (C=O) groups is 3. The molecule has 2 aromatic rings. The molecule has 58 heavy (non-hydrogen) atoms. The summed E-state index contributed by atoms with van der Waals surface area (Å²) in [6.07, 6.45) is -1.22. The molecular weight excluding hydrogens is 857 g/mol. The van der Waals surface area contributed by atoms with E-state index < -0.39 is 84.6 Å². The Labute approximate surface area is 337 Å². The summed E-state index contributed by atoms with van der Waals surface area (Å²) in [5.74, 6) is -1.03. The molecule has 332 valence electrons. The van der Waals surface area contributed by atoms with E-state index in [0.717, 1.165) is 61.1 Å². The van der Waals surface area contributed by atoms with Crippen LogP contribution < -0.4 is 22.5 Å². The normalized spacial score (nSPS) is 21.1. The fourth-order valence-corrected chi connectivity index (χ4v) is 8.79. The van der Waals surface area contributed by atoms with Gasteiger partial charge in [0.25, 0.3) is 0 Å². The third-order valence-electron chi connectivity index (χ3n) is 8.25. The van der Waals surface area contributed by atoms with Gasteiger partial charge in [-0.15, -0.1) is 0 Å². The minimum atomic E-state index is -5.57. The second kappa shape index (κ2) is 22.9. The van der Waals surface area contributed by atoms with Gasteiger partial charge in [-0.05, 0) is 6.42 Å². The van der Waals surface area contributed by atoms with Crippen molar-refractivity contribution in [2.45, 2.75) is 96.4 Å². The van der Waals surface area contributed by atoms with E-state index >= 15 is 0 Å². The summed E-state index contributed by atoms with van der Waals surface area (Å²) in [5.41, 5.74) is 4.27. The molecule has 29 heteroatoms. The molecule has 1 saturated heterocycles. The van der Waals surface area contributed by atoms with Crippen molar-refractivity contribution < 1.29 is 80.5 Å². The number of unbranched alkanes of at least 4 members (excludes halogenated alkanes) is 4. The minimum absolute atomic E-state index is 0. The van der Waals surface area contributed by atoms with Gasteiger partial charge < -0.3 is 57.0 Å². The third-order valence-corrected chi connectivity index (χ3v) is 12.3. The molecule has 3 rings (SSSR count). The van der Waals surface area contributed by atoms with E-state index in [0.29, 0.717) is 12.2 Å². The van der Waals surface area contributed by atoms with Crippen LogP contribution in [0.1, 0.15) is 71.9 Å². The largest absolute Gasteiger partial charge is 0.481 e. The van der Waals surface area contributed by atoms with Crippen molar-refractivity contribution >= 4 is 69.1 Å². The average Bonchev–Trinajstić information content (AvgIpc) is 3.68. The summed E-state index contributed by atoms with van der Waals surface area (Å²) in [5, 5.41) is 26.5. The molecule has 1 aliphatic heterocycles. The monoisotopic (exact) mass is 910 g/mol. The van der Waals surface area contributed by atoms with E-state index in [4.69, 9.17) is 19.5 Å². The Morgan fingerprint density at radius 1 is 1.00 bits per heavy atom. The van der Waals surface area contributed by atoms with Crippen molar-refractivity contribution in [3.05, 3.63) is 12.7 Å². The van der Waals surface area contributed by atoms with Crippen LogP contribution >= 0.6 is 35.2 Å². The topological polar surface area (TPSA) is 399 Å². The quantitative estimate of drug-likeness (QED) is 0.0494. The lowest BCUT2D eigenvalue weighted by Crippen LogP contribution is -2.46. The molecule has 1 aliphatic rings. The highest BCUT2D eigenvalue weighted by atomic mass is 32.2. The number of thioether (sulfide) groups is 1. The number of nitrogens with two attached hydrogens (primary N) is 1. The predicted molar refractivity (Wildman–Crippen MR) is 205 cm³/mol. The first kappa shape index (κ1) is 51.7. The number of anilines is 1. The standard InChI is InChI=1S/C29H50N7O17P3S.H3N/c1-4-5-6-7-8-9-20(38)57-13-12-31-19(37)10-11-32-27(41)24(40)29(2,3)15-50-56(47,48)53-55(45,46)49-14-18-23(52-54(42,43)44)22(39)28(51-18)36-17-35-21-25(30)33-16-34-26(21)36;/h16-18,22-24,28,39-40H,4-15H2,1-3H3,(H,31,37)(H,32,41)(H,45,46)(H,47,48)(H2,30,33,34)(H2,42,43,44);1H3/t18-,22-,23-,24+,28-;/m1./s1. The van der Waals surface area contributed by atoms with Gasteiger partial charge in [-0.3, -0.25) is 32.5 Å². The maximum atomic E-state index is 12.7. The van der Waals surface area contributed by atoms with Crippen LogP contribution in [0.2, 0.25) is 0 Å². The van der Waals surface area contributed by atoms with Crippen molar-refractivity contribution in [1.82, 2.24) is 36.3 Å². The first-order valence-electron chi connectivity index (χ1n) is 17.6. The number of fused-ring (bicyclic) bond motifs is 1. The number of carbonyl (C=O) groups excluding carboxylic acids is 3. The lowest BCUT2D eigenvalue weighted by Gasteiger charge is -2.30. The van der Waals surface area contributed by atoms with Crippen molar-refractivity contribution in [3.8, 4) is 0 Å². The van der Waals surface area contributed by atoms with Crippen LogP contribution in [-0.2, 0) is 50.7 Å². The molecule has 0 aromatic carbocycles. The Hall–Kier alpha value is -2.48. The average molecular weight is 911 g/mol. The Balaban J connectivity index is 0.0000116. The number of ether oxygens (including phenoxy) is 1. The SMILES string of the molecule is CCCCCCCC(=O)SCCNC(=O)CCNC(=O)[C@H](O)C(C)(C)COP(=O)(O)OP(=O)(O)OC[C@H]1O[C@@H](n2cnc3c(N)ncnc32)[C@H](O)[C@@H]1OP(=O)(O)O.N. The van der Waals surface area contributed by atoms with Gasteiger partial charge in [-0.2, -0.15) is 4.31 Å². The number of aliphatic hydroxyl groups excluding tert-OH is 2. The Bertz CT molecular complexity index is 1820. The fourth-order valence-electron chi connectivity index (χ4n) is 5.24. The molecular formula is C29H53N8O17P3S. The Morgan fingerprint density at radius 3 is 2.34 bits per heavy atom. The number of amides is 2. The van der Waals surface area contributed by atoms with Gasteiger partial charge in [0.15, 0.2) is 22.8 Å². The molecule has 2 aromatic heterocycles. The molecule has 0 spiro atoms. The van der Waals surface area contributed by atoms with Gasteiger partial charge >= 0.3 is 23.5 Å². The number of imidazole rings is 1. The predicted octanol–water partition coefficient (Wildman–Crippen LogP) is 1.19. The number of phosphoric acid groups is 3. The molecule has 0 saturated carbocycles. The molecule has 0 aliphatic carbocycles. The number of phosphoric ester groups is 3. The summed E-state index contributed by atoms with van der Waals surface area (Å²) in [6, 6.07) is 0. The Kier molecular flexibility index (Phi) is 20.4. The number of nitrogens with zero attached hydrogens (tertiary/aromatic N) is 4. The van der Waals surface area contributed by atoms with Crippen LogP contribution in [0.3, 0.4) is 0 Å². The highest BCUT2D eigenvalue weighted by molar-refractivity contribution is 8.13. The van der Waals surface area contributed by atoms with Crippen LogP contribution in [-0.4, -0.2) is 123 Å². The maximum absolute atomic E-state index is 12.7. The van der Waals surface area contributed by atoms with Crippen molar-refractivity contribution in [3.63, 3.8) is 0 Å². The number of rotatable bonds is 25. The van der Waals surface area contributed by atoms with E-state index in [1.165, 1.54) is 13.8 Å². The minimum Gasteiger partial charge on any atom is -0.386 e. The van der Waals surface area contributed by atoms with Gasteiger partial charge in [0.1, 0.15) is 36.3 Å². The highest BCUT2D eigenvalue weighted by Gasteiger charge is 2.50. The summed E-state index contributed by atoms with van der Waals surface area (Å²) in [4.78, 5) is 87.6. The molecule has 1 fully saturated rings. The van der Waals surface area contributed by atoms with Crippen LogP contribution in [0.4, 0.5) is 5.82 Å². The molecule has 2 amide bonds. The first-order chi connectivity index (χ1) is 26.6. The zero-order valence-electron chi connectivity index (χ0n) is 32.0. The summed E-state index contributed by atoms with van der Waals surface area (Å²) < 4.78 is 62.1. The first-order valence-corrected chi connectivity index (χ1v) is 23.1. The lowest BCUT2D eigenvalue weighted by molar-refractivity contribution is -0.137. The van der Waals surface area contributed by atoms with Gasteiger partial charge in [0.05, 0.1) is 19.5 Å². The van der Waals surface area contributed by atoms with Crippen LogP contribution in [0.5, 0.6) is 0 Å². The third kappa shape index (κ3) is 16.5. The number of aromatic nitrogens is 4. The van der Waals surface area contributed by atoms with E-state index in [1.807, 2.05) is 0 Å². The zero-order chi connectivity index (χ0) is 42.6. The number of hydrogen-bond acceptors (Lipinski definition) is 19.